The molecule has 0 spiro atoms. The van der Waals surface area contributed by atoms with E-state index in [4.69, 9.17) is 19.3 Å². The number of ether oxygens (including phenoxy) is 3. The molecule has 35 heavy (non-hydrogen) atoms. The summed E-state index contributed by atoms with van der Waals surface area (Å²) in [7, 11) is 0. The second kappa shape index (κ2) is 14.0. The minimum atomic E-state index is -1.55. The fourth-order valence-electron chi connectivity index (χ4n) is 3.36. The molecule has 10 nitrogen and oxygen atoms in total. The van der Waals surface area contributed by atoms with Gasteiger partial charge in [-0.15, -0.1) is 0 Å². The highest BCUT2D eigenvalue weighted by atomic mass is 16.7. The predicted octanol–water partition coefficient (Wildman–Crippen LogP) is 1.61. The molecule has 0 unspecified atom stereocenters. The molecule has 1 heterocycles. The van der Waals surface area contributed by atoms with Crippen molar-refractivity contribution in [2.45, 2.75) is 63.8 Å². The Labute approximate surface area is 204 Å². The molecule has 0 bridgehead atoms. The molecule has 1 saturated heterocycles. The second-order valence-corrected chi connectivity index (χ2v) is 8.60. The molecular weight excluding hydrogens is 460 g/mol. The number of carboxylic acid groups (broad SMARTS) is 1. The number of carbonyl (C=O) groups is 2. The van der Waals surface area contributed by atoms with Gasteiger partial charge in [0.15, 0.2) is 6.29 Å². The molecule has 1 aliphatic heterocycles. The monoisotopic (exact) mass is 494 g/mol. The molecule has 1 aromatic carbocycles. The Morgan fingerprint density at radius 1 is 1.09 bits per heavy atom. The SMILES string of the molecule is C/C(=C\CC[C@@H](C)CCO[C@@H]1O[C@H](COC(=O)/C=C/c2ccc(O)cc2)[C@@H](O)[C@H](O)[C@H]1O)C(=O)O. The number of hydrogen-bond acceptors (Lipinski definition) is 9. The number of aliphatic carboxylic acids is 1. The molecule has 194 valence electrons. The molecule has 0 radical (unpaired) electrons. The van der Waals surface area contributed by atoms with Crippen molar-refractivity contribution < 1.29 is 49.3 Å². The van der Waals surface area contributed by atoms with Crippen LogP contribution in [0, 0.1) is 5.92 Å². The normalized spacial score (nSPS) is 26.0. The number of phenols is 1. The lowest BCUT2D eigenvalue weighted by Gasteiger charge is -2.40. The van der Waals surface area contributed by atoms with E-state index in [0.29, 0.717) is 24.0 Å². The van der Waals surface area contributed by atoms with Crippen molar-refractivity contribution in [3.05, 3.63) is 47.6 Å². The Morgan fingerprint density at radius 2 is 1.77 bits per heavy atom. The van der Waals surface area contributed by atoms with Crippen molar-refractivity contribution in [2.24, 2.45) is 5.92 Å². The van der Waals surface area contributed by atoms with Gasteiger partial charge in [-0.25, -0.2) is 9.59 Å². The number of aromatic hydroxyl groups is 1. The average Bonchev–Trinajstić information content (AvgIpc) is 2.82. The highest BCUT2D eigenvalue weighted by Gasteiger charge is 2.44. The first-order valence-corrected chi connectivity index (χ1v) is 11.4. The maximum absolute atomic E-state index is 12.0. The van der Waals surface area contributed by atoms with Crippen molar-refractivity contribution in [3.63, 3.8) is 0 Å². The molecule has 1 aliphatic rings. The Kier molecular flexibility index (Phi) is 11.4. The van der Waals surface area contributed by atoms with Crippen LogP contribution in [0.25, 0.3) is 6.08 Å². The molecule has 1 aromatic rings. The van der Waals surface area contributed by atoms with Gasteiger partial charge in [0.25, 0.3) is 0 Å². The standard InChI is InChI=1S/C25H34O10/c1-15(4-3-5-16(2)24(31)32)12-13-33-25-23(30)22(29)21(28)19(35-25)14-34-20(27)11-8-17-6-9-18(26)10-7-17/h5-11,15,19,21-23,25-26,28-30H,3-4,12-14H2,1-2H3,(H,31,32)/b11-8+,16-5+/t15-,19-,21-,22+,23-,25-/m1/s1. The first kappa shape index (κ1) is 28.5. The lowest BCUT2D eigenvalue weighted by atomic mass is 9.99. The van der Waals surface area contributed by atoms with Gasteiger partial charge in [0.1, 0.15) is 36.8 Å². The number of allylic oxidation sites excluding steroid dienone is 1. The average molecular weight is 495 g/mol. The van der Waals surface area contributed by atoms with Crippen LogP contribution in [0.5, 0.6) is 5.75 Å². The van der Waals surface area contributed by atoms with E-state index in [2.05, 4.69) is 0 Å². The summed E-state index contributed by atoms with van der Waals surface area (Å²) in [6.45, 7) is 3.36. The lowest BCUT2D eigenvalue weighted by Crippen LogP contribution is -2.59. The van der Waals surface area contributed by atoms with Crippen molar-refractivity contribution in [2.75, 3.05) is 13.2 Å². The Hall–Kier alpha value is -2.76. The summed E-state index contributed by atoms with van der Waals surface area (Å²) in [6, 6.07) is 6.17. The summed E-state index contributed by atoms with van der Waals surface area (Å²) in [5.74, 6) is -1.34. The van der Waals surface area contributed by atoms with Gasteiger partial charge in [0, 0.05) is 11.6 Å². The van der Waals surface area contributed by atoms with E-state index in [-0.39, 0.29) is 24.9 Å². The fraction of sp³-hybridized carbons (Fsp3) is 0.520. The Balaban J connectivity index is 1.79. The number of rotatable bonds is 12. The molecule has 0 saturated carbocycles. The predicted molar refractivity (Wildman–Crippen MR) is 125 cm³/mol. The van der Waals surface area contributed by atoms with E-state index >= 15 is 0 Å². The topological polar surface area (TPSA) is 163 Å². The summed E-state index contributed by atoms with van der Waals surface area (Å²) in [6.07, 6.45) is -0.543. The van der Waals surface area contributed by atoms with E-state index in [9.17, 15) is 30.0 Å². The smallest absolute Gasteiger partial charge is 0.330 e. The van der Waals surface area contributed by atoms with Crippen LogP contribution in [-0.4, -0.2) is 81.4 Å². The van der Waals surface area contributed by atoms with Gasteiger partial charge in [-0.2, -0.15) is 0 Å². The van der Waals surface area contributed by atoms with Crippen molar-refractivity contribution in [3.8, 4) is 5.75 Å². The number of aliphatic hydroxyl groups is 3. The molecule has 0 aromatic heterocycles. The van der Waals surface area contributed by atoms with Gasteiger partial charge in [-0.1, -0.05) is 25.1 Å². The maximum atomic E-state index is 12.0. The first-order valence-electron chi connectivity index (χ1n) is 11.4. The van der Waals surface area contributed by atoms with Crippen LogP contribution < -0.4 is 0 Å². The molecule has 10 heteroatoms. The number of benzene rings is 1. The Morgan fingerprint density at radius 3 is 2.43 bits per heavy atom. The van der Waals surface area contributed by atoms with Gasteiger partial charge in [0.05, 0.1) is 6.61 Å². The van der Waals surface area contributed by atoms with Gasteiger partial charge in [0.2, 0.25) is 0 Å². The van der Waals surface area contributed by atoms with Crippen LogP contribution in [0.15, 0.2) is 42.0 Å². The van der Waals surface area contributed by atoms with Crippen LogP contribution in [0.2, 0.25) is 0 Å². The number of carbonyl (C=O) groups excluding carboxylic acids is 1. The quantitative estimate of drug-likeness (QED) is 0.213. The van der Waals surface area contributed by atoms with Crippen LogP contribution in [0.4, 0.5) is 0 Å². The zero-order valence-electron chi connectivity index (χ0n) is 19.8. The highest BCUT2D eigenvalue weighted by Crippen LogP contribution is 2.23. The Bertz CT molecular complexity index is 879. The van der Waals surface area contributed by atoms with Crippen molar-refractivity contribution in [1.29, 1.82) is 0 Å². The van der Waals surface area contributed by atoms with E-state index in [0.717, 1.165) is 6.42 Å². The molecule has 1 fully saturated rings. The number of carboxylic acids is 1. The van der Waals surface area contributed by atoms with Gasteiger partial charge in [-0.3, -0.25) is 0 Å². The van der Waals surface area contributed by atoms with Gasteiger partial charge in [-0.05, 0) is 55.9 Å². The third-order valence-corrected chi connectivity index (χ3v) is 5.70. The number of aliphatic hydroxyl groups excluding tert-OH is 3. The molecule has 5 N–H and O–H groups in total. The maximum Gasteiger partial charge on any atom is 0.330 e. The molecular formula is C25H34O10. The highest BCUT2D eigenvalue weighted by molar-refractivity contribution is 5.87. The molecule has 0 amide bonds. The number of hydrogen-bond donors (Lipinski definition) is 5. The zero-order chi connectivity index (χ0) is 26.0. The largest absolute Gasteiger partial charge is 0.508 e. The van der Waals surface area contributed by atoms with Crippen LogP contribution in [-0.2, 0) is 23.8 Å². The van der Waals surface area contributed by atoms with E-state index < -0.39 is 42.6 Å². The molecule has 0 aliphatic carbocycles. The second-order valence-electron chi connectivity index (χ2n) is 8.60. The lowest BCUT2D eigenvalue weighted by molar-refractivity contribution is -0.302. The van der Waals surface area contributed by atoms with Crippen molar-refractivity contribution in [1.82, 2.24) is 0 Å². The summed E-state index contributed by atoms with van der Waals surface area (Å²) in [5, 5.41) is 48.7. The summed E-state index contributed by atoms with van der Waals surface area (Å²) in [5.41, 5.74) is 0.963. The third-order valence-electron chi connectivity index (χ3n) is 5.70. The molecule has 6 atom stereocenters. The van der Waals surface area contributed by atoms with E-state index in [1.165, 1.54) is 31.2 Å². The number of esters is 1. The fourth-order valence-corrected chi connectivity index (χ4v) is 3.36. The summed E-state index contributed by atoms with van der Waals surface area (Å²) >= 11 is 0. The minimum Gasteiger partial charge on any atom is -0.508 e. The summed E-state index contributed by atoms with van der Waals surface area (Å²) in [4.78, 5) is 22.8. The molecule has 2 rings (SSSR count). The number of phenolic OH excluding ortho intramolecular Hbond substituents is 1. The van der Waals surface area contributed by atoms with Crippen molar-refractivity contribution >= 4 is 18.0 Å². The first-order chi connectivity index (χ1) is 16.6. The van der Waals surface area contributed by atoms with Crippen LogP contribution >= 0.6 is 0 Å². The van der Waals surface area contributed by atoms with E-state index in [1.807, 2.05) is 6.92 Å². The van der Waals surface area contributed by atoms with Gasteiger partial charge < -0.3 is 39.7 Å². The van der Waals surface area contributed by atoms with Crippen LogP contribution in [0.1, 0.15) is 38.7 Å². The van der Waals surface area contributed by atoms with E-state index in [1.54, 1.807) is 18.2 Å². The zero-order valence-corrected chi connectivity index (χ0v) is 19.8. The summed E-state index contributed by atoms with van der Waals surface area (Å²) < 4.78 is 16.2. The van der Waals surface area contributed by atoms with Crippen LogP contribution in [0.3, 0.4) is 0 Å². The third kappa shape index (κ3) is 9.42. The van der Waals surface area contributed by atoms with Gasteiger partial charge >= 0.3 is 11.9 Å². The minimum absolute atomic E-state index is 0.100.